The highest BCUT2D eigenvalue weighted by Crippen LogP contribution is 2.22. The summed E-state index contributed by atoms with van der Waals surface area (Å²) >= 11 is 0. The largest absolute Gasteiger partial charge is 0.378 e. The molecule has 1 heterocycles. The van der Waals surface area contributed by atoms with E-state index in [4.69, 9.17) is 10.5 Å². The maximum absolute atomic E-state index is 12.0. The van der Waals surface area contributed by atoms with Crippen LogP contribution in [0.2, 0.25) is 0 Å². The van der Waals surface area contributed by atoms with Gasteiger partial charge in [0.2, 0.25) is 5.91 Å². The number of nitrogens with one attached hydrogen (secondary N) is 1. The molecule has 0 aromatic carbocycles. The molecule has 0 aromatic rings. The molecule has 0 radical (unpaired) electrons. The number of carbonyl (C=O) groups is 1. The molecule has 1 rings (SSSR count). The van der Waals surface area contributed by atoms with Crippen LogP contribution >= 0.6 is 0 Å². The van der Waals surface area contributed by atoms with E-state index in [-0.39, 0.29) is 12.0 Å². The molecule has 4 heteroatoms. The number of ether oxygens (including phenoxy) is 1. The van der Waals surface area contributed by atoms with Crippen molar-refractivity contribution >= 4 is 5.91 Å². The molecule has 94 valence electrons. The second-order valence-electron chi connectivity index (χ2n) is 4.95. The lowest BCUT2D eigenvalue weighted by Crippen LogP contribution is -2.45. The summed E-state index contributed by atoms with van der Waals surface area (Å²) in [6.07, 6.45) is 2.06. The first-order valence-electron chi connectivity index (χ1n) is 6.13. The highest BCUT2D eigenvalue weighted by Gasteiger charge is 2.31. The molecule has 0 saturated carbocycles. The van der Waals surface area contributed by atoms with Crippen molar-refractivity contribution in [3.63, 3.8) is 0 Å². The van der Waals surface area contributed by atoms with Crippen LogP contribution in [0.1, 0.15) is 33.6 Å². The second-order valence-corrected chi connectivity index (χ2v) is 4.95. The molecule has 1 amide bonds. The maximum atomic E-state index is 12.0. The molecular formula is C12H24N2O2. The van der Waals surface area contributed by atoms with Crippen molar-refractivity contribution in [3.8, 4) is 0 Å². The monoisotopic (exact) mass is 228 g/mol. The third-order valence-corrected chi connectivity index (χ3v) is 3.84. The van der Waals surface area contributed by atoms with E-state index >= 15 is 0 Å². The molecule has 0 aromatic heterocycles. The lowest BCUT2D eigenvalue weighted by Gasteiger charge is -2.26. The number of hydrogen-bond acceptors (Lipinski definition) is 3. The van der Waals surface area contributed by atoms with E-state index in [1.165, 1.54) is 0 Å². The molecule has 0 aliphatic carbocycles. The SMILES string of the molecule is CCC(C)(CN)C(=O)NCC1CCOC1C. The minimum absolute atomic E-state index is 0.0663. The van der Waals surface area contributed by atoms with E-state index in [9.17, 15) is 4.79 Å². The van der Waals surface area contributed by atoms with Gasteiger partial charge in [0, 0.05) is 25.6 Å². The van der Waals surface area contributed by atoms with Crippen molar-refractivity contribution in [3.05, 3.63) is 0 Å². The van der Waals surface area contributed by atoms with Crippen molar-refractivity contribution in [2.45, 2.75) is 39.7 Å². The second kappa shape index (κ2) is 5.64. The quantitative estimate of drug-likeness (QED) is 0.735. The van der Waals surface area contributed by atoms with Gasteiger partial charge in [-0.05, 0) is 26.7 Å². The summed E-state index contributed by atoms with van der Waals surface area (Å²) in [6, 6.07) is 0. The summed E-state index contributed by atoms with van der Waals surface area (Å²) in [4.78, 5) is 12.0. The van der Waals surface area contributed by atoms with Gasteiger partial charge < -0.3 is 15.8 Å². The van der Waals surface area contributed by atoms with Crippen LogP contribution in [0.5, 0.6) is 0 Å². The smallest absolute Gasteiger partial charge is 0.227 e. The van der Waals surface area contributed by atoms with Crippen LogP contribution in [0.25, 0.3) is 0 Å². The topological polar surface area (TPSA) is 64.4 Å². The maximum Gasteiger partial charge on any atom is 0.227 e. The van der Waals surface area contributed by atoms with Gasteiger partial charge in [0.15, 0.2) is 0 Å². The Morgan fingerprint density at radius 3 is 2.75 bits per heavy atom. The van der Waals surface area contributed by atoms with Crippen LogP contribution in [0.4, 0.5) is 0 Å². The average molecular weight is 228 g/mol. The van der Waals surface area contributed by atoms with Crippen molar-refractivity contribution in [1.82, 2.24) is 5.32 Å². The van der Waals surface area contributed by atoms with Gasteiger partial charge >= 0.3 is 0 Å². The Balaban J connectivity index is 2.40. The normalized spacial score (nSPS) is 28.8. The van der Waals surface area contributed by atoms with Crippen LogP contribution in [-0.2, 0) is 9.53 Å². The Hall–Kier alpha value is -0.610. The Labute approximate surface area is 97.9 Å². The first kappa shape index (κ1) is 13.5. The van der Waals surface area contributed by atoms with Gasteiger partial charge in [-0.1, -0.05) is 6.92 Å². The standard InChI is InChI=1S/C12H24N2O2/c1-4-12(3,8-13)11(15)14-7-10-5-6-16-9(10)2/h9-10H,4-8,13H2,1-3H3,(H,14,15). The van der Waals surface area contributed by atoms with E-state index in [1.807, 2.05) is 13.8 Å². The predicted molar refractivity (Wildman–Crippen MR) is 64.0 cm³/mol. The van der Waals surface area contributed by atoms with Crippen LogP contribution in [0.3, 0.4) is 0 Å². The molecular weight excluding hydrogens is 204 g/mol. The lowest BCUT2D eigenvalue weighted by molar-refractivity contribution is -0.130. The van der Waals surface area contributed by atoms with Gasteiger partial charge in [-0.25, -0.2) is 0 Å². The third-order valence-electron chi connectivity index (χ3n) is 3.84. The molecule has 4 nitrogen and oxygen atoms in total. The number of carbonyl (C=O) groups excluding carboxylic acids is 1. The van der Waals surface area contributed by atoms with Crippen LogP contribution in [0, 0.1) is 11.3 Å². The van der Waals surface area contributed by atoms with Gasteiger partial charge in [0.1, 0.15) is 0 Å². The highest BCUT2D eigenvalue weighted by molar-refractivity contribution is 5.82. The molecule has 1 aliphatic heterocycles. The van der Waals surface area contributed by atoms with Crippen molar-refractivity contribution in [1.29, 1.82) is 0 Å². The number of nitrogens with two attached hydrogens (primary N) is 1. The zero-order valence-electron chi connectivity index (χ0n) is 10.6. The molecule has 1 aliphatic rings. The number of rotatable bonds is 5. The molecule has 0 bridgehead atoms. The number of hydrogen-bond donors (Lipinski definition) is 2. The van der Waals surface area contributed by atoms with E-state index < -0.39 is 5.41 Å². The van der Waals surface area contributed by atoms with Gasteiger partial charge in [-0.15, -0.1) is 0 Å². The fraction of sp³-hybridized carbons (Fsp3) is 0.917. The summed E-state index contributed by atoms with van der Waals surface area (Å²) in [5.74, 6) is 0.513. The third kappa shape index (κ3) is 2.95. The molecule has 3 N–H and O–H groups in total. The van der Waals surface area contributed by atoms with Gasteiger partial charge in [-0.3, -0.25) is 4.79 Å². The summed E-state index contributed by atoms with van der Waals surface area (Å²) in [7, 11) is 0. The van der Waals surface area contributed by atoms with E-state index in [1.54, 1.807) is 0 Å². The Morgan fingerprint density at radius 1 is 1.62 bits per heavy atom. The molecule has 1 fully saturated rings. The van der Waals surface area contributed by atoms with Gasteiger partial charge in [-0.2, -0.15) is 0 Å². The molecule has 1 saturated heterocycles. The number of amides is 1. The first-order chi connectivity index (χ1) is 7.53. The van der Waals surface area contributed by atoms with Crippen LogP contribution < -0.4 is 11.1 Å². The average Bonchev–Trinajstić information content (AvgIpc) is 2.70. The zero-order valence-corrected chi connectivity index (χ0v) is 10.6. The van der Waals surface area contributed by atoms with Crippen molar-refractivity contribution < 1.29 is 9.53 Å². The lowest BCUT2D eigenvalue weighted by atomic mass is 9.86. The van der Waals surface area contributed by atoms with Crippen molar-refractivity contribution in [2.24, 2.45) is 17.1 Å². The summed E-state index contributed by atoms with van der Waals surface area (Å²) in [5.41, 5.74) is 5.22. The summed E-state index contributed by atoms with van der Waals surface area (Å²) in [5, 5.41) is 3.00. The molecule has 3 unspecified atom stereocenters. The first-order valence-corrected chi connectivity index (χ1v) is 6.13. The van der Waals surface area contributed by atoms with E-state index in [0.717, 1.165) is 19.4 Å². The minimum Gasteiger partial charge on any atom is -0.378 e. The van der Waals surface area contributed by atoms with E-state index in [2.05, 4.69) is 12.2 Å². The Kier molecular flexibility index (Phi) is 4.74. The predicted octanol–water partition coefficient (Wildman–Crippen LogP) is 0.903. The fourth-order valence-corrected chi connectivity index (χ4v) is 1.88. The fourth-order valence-electron chi connectivity index (χ4n) is 1.88. The van der Waals surface area contributed by atoms with Crippen molar-refractivity contribution in [2.75, 3.05) is 19.7 Å². The molecule has 16 heavy (non-hydrogen) atoms. The van der Waals surface area contributed by atoms with Gasteiger partial charge in [0.25, 0.3) is 0 Å². The van der Waals surface area contributed by atoms with Crippen LogP contribution in [0.15, 0.2) is 0 Å². The molecule has 0 spiro atoms. The summed E-state index contributed by atoms with van der Waals surface area (Å²) in [6.45, 7) is 7.88. The highest BCUT2D eigenvalue weighted by atomic mass is 16.5. The minimum atomic E-state index is -0.428. The Bertz CT molecular complexity index is 239. The van der Waals surface area contributed by atoms with E-state index in [0.29, 0.717) is 19.0 Å². The van der Waals surface area contributed by atoms with Crippen LogP contribution in [-0.4, -0.2) is 31.7 Å². The summed E-state index contributed by atoms with van der Waals surface area (Å²) < 4.78 is 5.46. The Morgan fingerprint density at radius 2 is 2.31 bits per heavy atom. The molecule has 3 atom stereocenters. The zero-order chi connectivity index (χ0) is 12.2. The van der Waals surface area contributed by atoms with Gasteiger partial charge in [0.05, 0.1) is 11.5 Å².